The maximum absolute atomic E-state index is 13.3. The Morgan fingerprint density at radius 3 is 2.32 bits per heavy atom. The fourth-order valence-electron chi connectivity index (χ4n) is 4.30. The van der Waals surface area contributed by atoms with E-state index in [4.69, 9.17) is 0 Å². The number of hydrogen-bond acceptors (Lipinski definition) is 10. The van der Waals surface area contributed by atoms with E-state index < -0.39 is 37.0 Å². The highest BCUT2D eigenvalue weighted by molar-refractivity contribution is 7.89. The predicted octanol–water partition coefficient (Wildman–Crippen LogP) is 2.12. The first kappa shape index (κ1) is 27.2. The Balaban J connectivity index is 1.54. The molecule has 1 aliphatic carbocycles. The molecule has 0 amide bonds. The van der Waals surface area contributed by atoms with Gasteiger partial charge < -0.3 is 4.90 Å². The number of aromatic nitrogens is 5. The first-order chi connectivity index (χ1) is 17.8. The number of halogens is 2. The number of rotatable bonds is 9. The lowest BCUT2D eigenvalue weighted by atomic mass is 10.3. The molecule has 4 heterocycles. The van der Waals surface area contributed by atoms with Crippen LogP contribution in [0, 0.1) is 5.92 Å². The number of nitrogens with one attached hydrogen (secondary N) is 1. The van der Waals surface area contributed by atoms with Gasteiger partial charge in [0.15, 0.2) is 21.5 Å². The third kappa shape index (κ3) is 5.38. The van der Waals surface area contributed by atoms with Gasteiger partial charge in [0.2, 0.25) is 20.0 Å². The lowest BCUT2D eigenvalue weighted by Gasteiger charge is -2.35. The number of nitrogens with zero attached hydrogens (tertiary/aromatic N) is 7. The Hall–Kier alpha value is -2.34. The van der Waals surface area contributed by atoms with Crippen LogP contribution in [0.2, 0.25) is 0 Å². The number of alkyl halides is 2. The van der Waals surface area contributed by atoms with Crippen LogP contribution in [0.1, 0.15) is 45.0 Å². The maximum atomic E-state index is 13.3. The Labute approximate surface area is 223 Å². The van der Waals surface area contributed by atoms with Crippen LogP contribution < -0.4 is 9.62 Å². The van der Waals surface area contributed by atoms with E-state index in [-0.39, 0.29) is 40.5 Å². The normalized spacial score (nSPS) is 18.7. The first-order valence-corrected chi connectivity index (χ1v) is 16.0. The molecule has 0 unspecified atom stereocenters. The molecule has 0 aromatic carbocycles. The maximum Gasteiger partial charge on any atom is 0.291 e. The highest BCUT2D eigenvalue weighted by Gasteiger charge is 2.42. The molecule has 208 valence electrons. The predicted molar refractivity (Wildman–Crippen MR) is 137 cm³/mol. The lowest BCUT2D eigenvalue weighted by molar-refractivity contribution is 0.150. The van der Waals surface area contributed by atoms with Gasteiger partial charge in [0.05, 0.1) is 11.4 Å². The van der Waals surface area contributed by atoms with Crippen LogP contribution >= 0.6 is 11.3 Å². The molecule has 3 aromatic rings. The van der Waals surface area contributed by atoms with Gasteiger partial charge in [-0.3, -0.25) is 4.40 Å². The van der Waals surface area contributed by atoms with Crippen molar-refractivity contribution >= 4 is 42.7 Å². The summed E-state index contributed by atoms with van der Waals surface area (Å²) in [6, 6.07) is 1.49. The Kier molecular flexibility index (Phi) is 6.95. The van der Waals surface area contributed by atoms with E-state index in [0.717, 1.165) is 0 Å². The molecular formula is C21H28F2N8O4S3. The van der Waals surface area contributed by atoms with Gasteiger partial charge in [-0.25, -0.2) is 30.3 Å². The molecule has 1 saturated heterocycles. The fourth-order valence-corrected chi connectivity index (χ4v) is 8.23. The summed E-state index contributed by atoms with van der Waals surface area (Å²) in [4.78, 5) is 1.81. The average Bonchev–Trinajstić information content (AvgIpc) is 3.22. The molecule has 17 heteroatoms. The molecule has 0 spiro atoms. The minimum atomic E-state index is -3.95. The van der Waals surface area contributed by atoms with E-state index in [1.165, 1.54) is 21.0 Å². The zero-order valence-electron chi connectivity index (χ0n) is 21.0. The first-order valence-electron chi connectivity index (χ1n) is 12.1. The summed E-state index contributed by atoms with van der Waals surface area (Å²) >= 11 is 0.649. The second-order valence-corrected chi connectivity index (χ2v) is 15.0. The molecule has 0 atom stereocenters. The minimum absolute atomic E-state index is 0.0132. The van der Waals surface area contributed by atoms with E-state index >= 15 is 0 Å². The molecule has 38 heavy (non-hydrogen) atoms. The summed E-state index contributed by atoms with van der Waals surface area (Å²) in [5, 5.41) is 15.2. The van der Waals surface area contributed by atoms with E-state index in [1.807, 2.05) is 25.7 Å². The largest absolute Gasteiger partial charge is 0.366 e. The van der Waals surface area contributed by atoms with Crippen molar-refractivity contribution in [2.24, 2.45) is 5.92 Å². The summed E-state index contributed by atoms with van der Waals surface area (Å²) in [5.74, 6) is 0.116. The number of anilines is 1. The molecule has 1 aliphatic heterocycles. The summed E-state index contributed by atoms with van der Waals surface area (Å²) < 4.78 is 83.9. The van der Waals surface area contributed by atoms with Crippen molar-refractivity contribution in [1.82, 2.24) is 33.8 Å². The molecule has 1 N–H and O–H groups in total. The van der Waals surface area contributed by atoms with E-state index in [2.05, 4.69) is 25.1 Å². The van der Waals surface area contributed by atoms with E-state index in [0.29, 0.717) is 48.6 Å². The van der Waals surface area contributed by atoms with Gasteiger partial charge in [-0.15, -0.1) is 20.4 Å². The van der Waals surface area contributed by atoms with Gasteiger partial charge in [0.25, 0.3) is 6.43 Å². The molecule has 2 fully saturated rings. The zero-order chi connectivity index (χ0) is 27.5. The Bertz CT molecular complexity index is 1560. The molecule has 3 aromatic heterocycles. The van der Waals surface area contributed by atoms with Crippen molar-refractivity contribution in [2.45, 2.75) is 50.5 Å². The van der Waals surface area contributed by atoms with Gasteiger partial charge in [0, 0.05) is 37.9 Å². The fraction of sp³-hybridized carbons (Fsp3) is 0.619. The van der Waals surface area contributed by atoms with E-state index in [9.17, 15) is 25.6 Å². The van der Waals surface area contributed by atoms with Crippen molar-refractivity contribution in [1.29, 1.82) is 0 Å². The highest BCUT2D eigenvalue weighted by Crippen LogP contribution is 2.37. The monoisotopic (exact) mass is 590 g/mol. The number of fused-ring (bicyclic) bond motifs is 1. The lowest BCUT2D eigenvalue weighted by Crippen LogP contribution is -2.49. The SMILES string of the molecule is CC(C)CS(=O)(=O)N1CCN(c2cc(S(=O)(=O)NC3(C)CC3)cn3c(-c4nnc(C(F)F)s4)nnc23)CC1. The second-order valence-electron chi connectivity index (χ2n) is 10.2. The number of hydrogen-bond donors (Lipinski definition) is 1. The molecular weight excluding hydrogens is 562 g/mol. The minimum Gasteiger partial charge on any atom is -0.366 e. The van der Waals surface area contributed by atoms with Gasteiger partial charge >= 0.3 is 0 Å². The molecule has 5 rings (SSSR count). The third-order valence-electron chi connectivity index (χ3n) is 6.49. The van der Waals surface area contributed by atoms with Crippen LogP contribution in [0.15, 0.2) is 17.2 Å². The van der Waals surface area contributed by atoms with Crippen LogP contribution in [0.5, 0.6) is 0 Å². The van der Waals surface area contributed by atoms with Crippen molar-refractivity contribution in [3.05, 3.63) is 17.3 Å². The van der Waals surface area contributed by atoms with Crippen LogP contribution in [0.25, 0.3) is 16.5 Å². The van der Waals surface area contributed by atoms with Gasteiger partial charge in [-0.2, -0.15) is 4.31 Å². The second kappa shape index (κ2) is 9.69. The van der Waals surface area contributed by atoms with Crippen molar-refractivity contribution < 1.29 is 25.6 Å². The van der Waals surface area contributed by atoms with Crippen LogP contribution in [-0.2, 0) is 20.0 Å². The van der Waals surface area contributed by atoms with E-state index in [1.54, 1.807) is 0 Å². The van der Waals surface area contributed by atoms with Crippen molar-refractivity contribution in [2.75, 3.05) is 36.8 Å². The Morgan fingerprint density at radius 1 is 1.05 bits per heavy atom. The topological polar surface area (TPSA) is 143 Å². The molecule has 12 nitrogen and oxygen atoms in total. The summed E-state index contributed by atoms with van der Waals surface area (Å²) in [6.45, 7) is 6.57. The molecule has 2 aliphatic rings. The zero-order valence-corrected chi connectivity index (χ0v) is 23.5. The number of piperazine rings is 1. The van der Waals surface area contributed by atoms with Crippen LogP contribution in [0.4, 0.5) is 14.5 Å². The van der Waals surface area contributed by atoms with Crippen molar-refractivity contribution in [3.8, 4) is 10.8 Å². The standard InChI is InChI=1S/C21H28F2N8O4S3/c1-13(2)12-37(32,33)30-8-6-29(7-9-30)15-10-14(38(34,35)28-21(3)4-5-21)11-31-17(15)24-25-18(31)20-27-26-19(36-20)16(22)23/h10-11,13,16,28H,4-9,12H2,1-3H3. The highest BCUT2D eigenvalue weighted by atomic mass is 32.2. The van der Waals surface area contributed by atoms with Crippen LogP contribution in [0.3, 0.4) is 0 Å². The molecule has 1 saturated carbocycles. The summed E-state index contributed by atoms with van der Waals surface area (Å²) in [5.41, 5.74) is 0.210. The van der Waals surface area contributed by atoms with Gasteiger partial charge in [0.1, 0.15) is 4.90 Å². The number of pyridine rings is 1. The number of sulfonamides is 2. The quantitative estimate of drug-likeness (QED) is 0.396. The smallest absolute Gasteiger partial charge is 0.291 e. The third-order valence-corrected chi connectivity index (χ3v) is 11.3. The van der Waals surface area contributed by atoms with Gasteiger partial charge in [-0.1, -0.05) is 25.2 Å². The molecule has 0 bridgehead atoms. The average molecular weight is 591 g/mol. The molecule has 0 radical (unpaired) electrons. The van der Waals surface area contributed by atoms with Gasteiger partial charge in [-0.05, 0) is 31.7 Å². The Morgan fingerprint density at radius 2 is 1.74 bits per heavy atom. The van der Waals surface area contributed by atoms with Crippen molar-refractivity contribution in [3.63, 3.8) is 0 Å². The van der Waals surface area contributed by atoms with Crippen LogP contribution in [-0.4, -0.2) is 83.4 Å². The summed E-state index contributed by atoms with van der Waals surface area (Å²) in [6.07, 6.45) is -0.0335. The summed E-state index contributed by atoms with van der Waals surface area (Å²) in [7, 11) is -7.37.